The van der Waals surface area contributed by atoms with Crippen molar-refractivity contribution in [2.24, 2.45) is 7.05 Å². The van der Waals surface area contributed by atoms with Gasteiger partial charge >= 0.3 is 0 Å². The molecule has 1 aromatic heterocycles. The zero-order chi connectivity index (χ0) is 27.3. The molecule has 2 N–H and O–H groups in total. The smallest absolute Gasteiger partial charge is 0.264 e. The van der Waals surface area contributed by atoms with Crippen LogP contribution in [0.4, 0.5) is 20.2 Å². The van der Waals surface area contributed by atoms with Crippen LogP contribution in [0.2, 0.25) is 0 Å². The lowest BCUT2D eigenvalue weighted by Gasteiger charge is -2.35. The highest BCUT2D eigenvalue weighted by Gasteiger charge is 2.32. The number of aromatic nitrogens is 2. The minimum atomic E-state index is -2.62. The molecule has 1 saturated carbocycles. The van der Waals surface area contributed by atoms with E-state index in [2.05, 4.69) is 27.6 Å². The minimum Gasteiger partial charge on any atom is -0.341 e. The highest BCUT2D eigenvalue weighted by atomic mass is 19.3. The number of alkyl halides is 2. The van der Waals surface area contributed by atoms with Gasteiger partial charge in [-0.25, -0.2) is 14.3 Å². The SMILES string of the molecule is CC(=O)N1Cc2cc(C3CCC(NO)CC3)cc(N3CCCc4cc(-c5cnn(C)c5)c(C(F)F)cc43)c2C1. The van der Waals surface area contributed by atoms with Crippen LogP contribution < -0.4 is 10.4 Å². The van der Waals surface area contributed by atoms with E-state index in [0.29, 0.717) is 30.1 Å². The van der Waals surface area contributed by atoms with Crippen molar-refractivity contribution in [3.8, 4) is 11.1 Å². The molecule has 0 spiro atoms. The van der Waals surface area contributed by atoms with Crippen LogP contribution in [0.3, 0.4) is 0 Å². The molecular weight excluding hydrogens is 500 g/mol. The molecule has 1 aliphatic carbocycles. The highest BCUT2D eigenvalue weighted by Crippen LogP contribution is 2.45. The summed E-state index contributed by atoms with van der Waals surface area (Å²) in [6.07, 6.45) is 6.27. The maximum Gasteiger partial charge on any atom is 0.264 e. The highest BCUT2D eigenvalue weighted by molar-refractivity contribution is 5.80. The first-order chi connectivity index (χ1) is 18.8. The molecule has 0 bridgehead atoms. The van der Waals surface area contributed by atoms with Crippen LogP contribution in [0.15, 0.2) is 36.7 Å². The lowest BCUT2D eigenvalue weighted by molar-refractivity contribution is -0.129. The second kappa shape index (κ2) is 10.4. The third kappa shape index (κ3) is 4.82. The van der Waals surface area contributed by atoms with Gasteiger partial charge in [-0.2, -0.15) is 5.10 Å². The van der Waals surface area contributed by atoms with Crippen molar-refractivity contribution < 1.29 is 18.8 Å². The number of hydrogen-bond acceptors (Lipinski definition) is 5. The number of hydrogen-bond donors (Lipinski definition) is 2. The minimum absolute atomic E-state index is 0.0154. The number of nitrogens with one attached hydrogen (secondary N) is 1. The molecule has 206 valence electrons. The van der Waals surface area contributed by atoms with Crippen molar-refractivity contribution in [2.75, 3.05) is 11.4 Å². The number of rotatable bonds is 5. The number of carbonyl (C=O) groups is 1. The molecule has 39 heavy (non-hydrogen) atoms. The zero-order valence-corrected chi connectivity index (χ0v) is 22.5. The van der Waals surface area contributed by atoms with Crippen LogP contribution in [0.25, 0.3) is 11.1 Å². The van der Waals surface area contributed by atoms with Crippen molar-refractivity contribution in [2.45, 2.75) is 76.9 Å². The first-order valence-corrected chi connectivity index (χ1v) is 13.8. The monoisotopic (exact) mass is 535 g/mol. The van der Waals surface area contributed by atoms with Gasteiger partial charge in [-0.05, 0) is 84.9 Å². The van der Waals surface area contributed by atoms with E-state index in [-0.39, 0.29) is 17.5 Å². The van der Waals surface area contributed by atoms with E-state index >= 15 is 0 Å². The molecule has 0 radical (unpaired) electrons. The second-order valence-corrected chi connectivity index (χ2v) is 11.3. The van der Waals surface area contributed by atoms with E-state index in [1.165, 1.54) is 5.56 Å². The number of halogens is 2. The Bertz CT molecular complexity index is 1400. The normalized spacial score (nSPS) is 20.9. The van der Waals surface area contributed by atoms with Gasteiger partial charge in [0, 0.05) is 73.9 Å². The van der Waals surface area contributed by atoms with Gasteiger partial charge in [0.1, 0.15) is 0 Å². The number of hydroxylamine groups is 1. The second-order valence-electron chi connectivity index (χ2n) is 11.3. The van der Waals surface area contributed by atoms with E-state index in [1.807, 2.05) is 11.0 Å². The molecule has 3 aliphatic rings. The van der Waals surface area contributed by atoms with Gasteiger partial charge in [0.2, 0.25) is 5.91 Å². The molecule has 6 rings (SSSR count). The standard InChI is InChI=1S/C30H35F2N5O2/c1-18(38)36-16-22-10-21(19-5-7-24(34-39)8-6-19)12-29(27(22)17-36)37-9-3-4-20-11-25(23-14-33-35(2)15-23)26(30(31)32)13-28(20)37/h10-15,19,24,30,34,39H,3-9,16-17H2,1-2H3. The molecule has 3 heterocycles. The Hall–Kier alpha value is -3.30. The largest absolute Gasteiger partial charge is 0.341 e. The number of nitrogens with zero attached hydrogens (tertiary/aromatic N) is 4. The van der Waals surface area contributed by atoms with Crippen LogP contribution in [-0.4, -0.2) is 38.4 Å². The van der Waals surface area contributed by atoms with Crippen LogP contribution in [0, 0.1) is 0 Å². The third-order valence-electron chi connectivity index (χ3n) is 8.79. The average Bonchev–Trinajstić information content (AvgIpc) is 3.58. The van der Waals surface area contributed by atoms with Crippen molar-refractivity contribution >= 4 is 17.3 Å². The fraction of sp³-hybridized carbons (Fsp3) is 0.467. The maximum absolute atomic E-state index is 14.4. The maximum atomic E-state index is 14.4. The molecule has 7 nitrogen and oxygen atoms in total. The number of benzene rings is 2. The molecule has 1 amide bonds. The van der Waals surface area contributed by atoms with E-state index in [9.17, 15) is 18.8 Å². The first-order valence-electron chi connectivity index (χ1n) is 13.8. The topological polar surface area (TPSA) is 73.6 Å². The number of carbonyl (C=O) groups excluding carboxylic acids is 1. The van der Waals surface area contributed by atoms with E-state index in [0.717, 1.165) is 73.1 Å². The molecular formula is C30H35F2N5O2. The van der Waals surface area contributed by atoms with Crippen LogP contribution >= 0.6 is 0 Å². The Labute approximate surface area is 227 Å². The van der Waals surface area contributed by atoms with Gasteiger partial charge < -0.3 is 15.0 Å². The Kier molecular flexibility index (Phi) is 6.89. The predicted molar refractivity (Wildman–Crippen MR) is 145 cm³/mol. The van der Waals surface area contributed by atoms with Crippen LogP contribution in [0.5, 0.6) is 0 Å². The van der Waals surface area contributed by atoms with Gasteiger partial charge in [0.15, 0.2) is 0 Å². The fourth-order valence-corrected chi connectivity index (χ4v) is 6.66. The number of amides is 1. The molecule has 0 unspecified atom stereocenters. The summed E-state index contributed by atoms with van der Waals surface area (Å²) in [5.41, 5.74) is 10.1. The Morgan fingerprint density at radius 3 is 2.54 bits per heavy atom. The molecule has 1 fully saturated rings. The Balaban J connectivity index is 1.45. The van der Waals surface area contributed by atoms with Gasteiger partial charge in [-0.15, -0.1) is 0 Å². The van der Waals surface area contributed by atoms with E-state index < -0.39 is 6.43 Å². The van der Waals surface area contributed by atoms with Gasteiger partial charge in [-0.3, -0.25) is 9.48 Å². The summed E-state index contributed by atoms with van der Waals surface area (Å²) in [7, 11) is 1.79. The molecule has 3 aromatic rings. The zero-order valence-electron chi connectivity index (χ0n) is 22.5. The molecule has 2 aromatic carbocycles. The summed E-state index contributed by atoms with van der Waals surface area (Å²) in [6, 6.07) is 8.22. The lowest BCUT2D eigenvalue weighted by Crippen LogP contribution is -2.30. The summed E-state index contributed by atoms with van der Waals surface area (Å²) >= 11 is 0. The molecule has 0 atom stereocenters. The summed E-state index contributed by atoms with van der Waals surface area (Å²) in [6.45, 7) is 3.44. The molecule has 9 heteroatoms. The third-order valence-corrected chi connectivity index (χ3v) is 8.79. The lowest BCUT2D eigenvalue weighted by atomic mass is 9.81. The van der Waals surface area contributed by atoms with Crippen LogP contribution in [0.1, 0.15) is 79.2 Å². The quantitative estimate of drug-likeness (QED) is 0.394. The summed E-state index contributed by atoms with van der Waals surface area (Å²) in [4.78, 5) is 16.4. The summed E-state index contributed by atoms with van der Waals surface area (Å²) in [5, 5.41) is 13.6. The van der Waals surface area contributed by atoms with Crippen LogP contribution in [-0.2, 0) is 31.4 Å². The number of anilines is 2. The first kappa shape index (κ1) is 26.0. The van der Waals surface area contributed by atoms with Crippen molar-refractivity contribution in [3.05, 3.63) is 64.5 Å². The molecule has 2 aliphatic heterocycles. The Morgan fingerprint density at radius 1 is 1.08 bits per heavy atom. The number of aryl methyl sites for hydroxylation is 2. The summed E-state index contributed by atoms with van der Waals surface area (Å²) in [5.74, 6) is 0.396. The van der Waals surface area contributed by atoms with Gasteiger partial charge in [0.25, 0.3) is 6.43 Å². The Morgan fingerprint density at radius 2 is 1.87 bits per heavy atom. The van der Waals surface area contributed by atoms with Gasteiger partial charge in [-0.1, -0.05) is 6.07 Å². The van der Waals surface area contributed by atoms with E-state index in [4.69, 9.17) is 0 Å². The van der Waals surface area contributed by atoms with Crippen molar-refractivity contribution in [1.29, 1.82) is 0 Å². The van der Waals surface area contributed by atoms with Gasteiger partial charge in [0.05, 0.1) is 6.20 Å². The predicted octanol–water partition coefficient (Wildman–Crippen LogP) is 5.98. The average molecular weight is 536 g/mol. The van der Waals surface area contributed by atoms with Crippen molar-refractivity contribution in [1.82, 2.24) is 20.2 Å². The molecule has 0 saturated heterocycles. The number of fused-ring (bicyclic) bond motifs is 2. The van der Waals surface area contributed by atoms with Crippen molar-refractivity contribution in [3.63, 3.8) is 0 Å². The summed E-state index contributed by atoms with van der Waals surface area (Å²) < 4.78 is 30.5. The van der Waals surface area contributed by atoms with E-state index in [1.54, 1.807) is 37.1 Å². The fourth-order valence-electron chi connectivity index (χ4n) is 6.66.